The molecular formula is C12H24N2OS2. The summed E-state index contributed by atoms with van der Waals surface area (Å²) in [7, 11) is 2.02. The van der Waals surface area contributed by atoms with Gasteiger partial charge in [-0.3, -0.25) is 9.69 Å². The second kappa shape index (κ2) is 6.81. The smallest absolute Gasteiger partial charge is 0.225 e. The largest absolute Gasteiger partial charge is 0.342 e. The van der Waals surface area contributed by atoms with Gasteiger partial charge in [0.2, 0.25) is 5.91 Å². The Kier molecular flexibility index (Phi) is 6.03. The van der Waals surface area contributed by atoms with Crippen molar-refractivity contribution in [1.82, 2.24) is 9.80 Å². The van der Waals surface area contributed by atoms with Crippen molar-refractivity contribution in [1.29, 1.82) is 0 Å². The summed E-state index contributed by atoms with van der Waals surface area (Å²) in [6.07, 6.45) is 4.28. The minimum Gasteiger partial charge on any atom is -0.342 e. The molecule has 0 aromatic carbocycles. The number of amides is 1. The molecule has 0 aromatic rings. The summed E-state index contributed by atoms with van der Waals surface area (Å²) in [5.74, 6) is 1.40. The first-order valence-electron chi connectivity index (χ1n) is 6.21. The summed E-state index contributed by atoms with van der Waals surface area (Å²) >= 11 is 5.24. The zero-order chi connectivity index (χ0) is 13.0. The zero-order valence-electron chi connectivity index (χ0n) is 11.3. The Balaban J connectivity index is 2.41. The second-order valence-electron chi connectivity index (χ2n) is 5.16. The molecule has 3 nitrogen and oxygen atoms in total. The number of hydrogen-bond acceptors (Lipinski definition) is 3. The van der Waals surface area contributed by atoms with Gasteiger partial charge in [-0.1, -0.05) is 25.0 Å². The number of carbonyl (C=O) groups excluding carboxylic acids is 1. The third-order valence-electron chi connectivity index (χ3n) is 3.31. The number of hydrogen-bond donors (Lipinski definition) is 0. The molecule has 0 aliphatic carbocycles. The number of rotatable bonds is 4. The second-order valence-corrected chi connectivity index (χ2v) is 8.27. The van der Waals surface area contributed by atoms with Gasteiger partial charge in [-0.15, -0.1) is 9.45 Å². The van der Waals surface area contributed by atoms with Gasteiger partial charge in [0.1, 0.15) is 0 Å². The van der Waals surface area contributed by atoms with E-state index in [4.69, 9.17) is 11.2 Å². The molecule has 1 aliphatic heterocycles. The normalized spacial score (nSPS) is 20.5. The maximum atomic E-state index is 11.9. The molecule has 1 unspecified atom stereocenters. The molecule has 1 fully saturated rings. The van der Waals surface area contributed by atoms with Crippen molar-refractivity contribution >= 4 is 26.5 Å². The lowest BCUT2D eigenvalue weighted by Gasteiger charge is -2.37. The summed E-state index contributed by atoms with van der Waals surface area (Å²) in [5, 5.41) is 0. The van der Waals surface area contributed by atoms with E-state index in [1.165, 1.54) is 0 Å². The lowest BCUT2D eigenvalue weighted by atomic mass is 10.0. The fraction of sp³-hybridized carbons (Fsp3) is 0.917. The number of likely N-dealkylation sites (tertiary alicyclic amines) is 1. The van der Waals surface area contributed by atoms with E-state index >= 15 is 0 Å². The Morgan fingerprint density at radius 2 is 2.00 bits per heavy atom. The van der Waals surface area contributed by atoms with Crippen LogP contribution in [0, 0.1) is 5.92 Å². The van der Waals surface area contributed by atoms with E-state index in [2.05, 4.69) is 11.2 Å². The quantitative estimate of drug-likeness (QED) is 0.772. The van der Waals surface area contributed by atoms with Crippen LogP contribution in [0.1, 0.15) is 26.7 Å². The molecule has 1 saturated heterocycles. The van der Waals surface area contributed by atoms with E-state index in [0.29, 0.717) is 6.04 Å². The zero-order valence-corrected chi connectivity index (χ0v) is 12.9. The summed E-state index contributed by atoms with van der Waals surface area (Å²) in [5.41, 5.74) is 0. The predicted octanol–water partition coefficient (Wildman–Crippen LogP) is 1.23. The van der Waals surface area contributed by atoms with Gasteiger partial charge in [-0.05, 0) is 19.1 Å². The standard InChI is InChI=1S/C12H24N2OS2/c1-10(2)12(15)13(3)11-5-7-14(8-6-11)9-17(4)16/h10-11H,5-9H2,1-4H3. The van der Waals surface area contributed by atoms with Crippen LogP contribution in [0.15, 0.2) is 0 Å². The van der Waals surface area contributed by atoms with Gasteiger partial charge in [-0.2, -0.15) is 0 Å². The van der Waals surface area contributed by atoms with Crippen LogP contribution < -0.4 is 0 Å². The van der Waals surface area contributed by atoms with Gasteiger partial charge in [0.25, 0.3) is 0 Å². The van der Waals surface area contributed by atoms with Crippen LogP contribution in [0.25, 0.3) is 0 Å². The van der Waals surface area contributed by atoms with Crippen LogP contribution in [0.2, 0.25) is 0 Å². The van der Waals surface area contributed by atoms with Crippen molar-refractivity contribution < 1.29 is 4.79 Å². The summed E-state index contributed by atoms with van der Waals surface area (Å²) in [6, 6.07) is 0.421. The topological polar surface area (TPSA) is 23.6 Å². The molecule has 5 heteroatoms. The van der Waals surface area contributed by atoms with E-state index < -0.39 is 0 Å². The minimum atomic E-state index is 0.0775. The van der Waals surface area contributed by atoms with E-state index in [1.807, 2.05) is 25.8 Å². The molecule has 1 rings (SSSR count). The number of piperidine rings is 1. The van der Waals surface area contributed by atoms with E-state index in [1.54, 1.807) is 0 Å². The van der Waals surface area contributed by atoms with Gasteiger partial charge >= 0.3 is 0 Å². The van der Waals surface area contributed by atoms with Crippen LogP contribution in [-0.4, -0.2) is 54.0 Å². The van der Waals surface area contributed by atoms with Crippen molar-refractivity contribution in [3.8, 4) is 0 Å². The monoisotopic (exact) mass is 276 g/mol. The van der Waals surface area contributed by atoms with Gasteiger partial charge in [0, 0.05) is 38.0 Å². The highest BCUT2D eigenvalue weighted by atomic mass is 32.8. The van der Waals surface area contributed by atoms with Gasteiger partial charge in [-0.25, -0.2) is 0 Å². The van der Waals surface area contributed by atoms with Gasteiger partial charge < -0.3 is 4.90 Å². The predicted molar refractivity (Wildman–Crippen MR) is 77.7 cm³/mol. The molecule has 0 spiro atoms. The highest BCUT2D eigenvalue weighted by Crippen LogP contribution is 2.17. The molecule has 100 valence electrons. The first-order valence-corrected chi connectivity index (χ1v) is 8.93. The Morgan fingerprint density at radius 3 is 2.41 bits per heavy atom. The molecule has 1 amide bonds. The molecule has 17 heavy (non-hydrogen) atoms. The molecule has 0 N–H and O–H groups in total. The Bertz CT molecular complexity index is 286. The van der Waals surface area contributed by atoms with E-state index in [-0.39, 0.29) is 21.3 Å². The molecule has 0 saturated carbocycles. The van der Waals surface area contributed by atoms with Crippen LogP contribution in [-0.2, 0) is 25.4 Å². The van der Waals surface area contributed by atoms with E-state index in [9.17, 15) is 4.79 Å². The van der Waals surface area contributed by atoms with E-state index in [0.717, 1.165) is 31.8 Å². The minimum absolute atomic E-state index is 0.0775. The van der Waals surface area contributed by atoms with Crippen molar-refractivity contribution in [3.63, 3.8) is 0 Å². The molecule has 0 aromatic heterocycles. The average Bonchev–Trinajstić information content (AvgIpc) is 2.27. The van der Waals surface area contributed by atoms with Crippen molar-refractivity contribution in [2.75, 3.05) is 32.3 Å². The Labute approximate surface area is 112 Å². The molecule has 1 atom stereocenters. The lowest BCUT2D eigenvalue weighted by Crippen LogP contribution is -2.47. The SMILES string of the molecule is CC(C)C(=O)N(C)C1CCN(CS(C)=S)CC1. The van der Waals surface area contributed by atoms with Gasteiger partial charge in [0.05, 0.1) is 0 Å². The van der Waals surface area contributed by atoms with Crippen LogP contribution in [0.4, 0.5) is 0 Å². The van der Waals surface area contributed by atoms with Crippen molar-refractivity contribution in [2.45, 2.75) is 32.7 Å². The summed E-state index contributed by atoms with van der Waals surface area (Å²) in [4.78, 5) is 16.3. The Morgan fingerprint density at radius 1 is 1.47 bits per heavy atom. The molecule has 0 radical (unpaired) electrons. The molecule has 1 heterocycles. The van der Waals surface area contributed by atoms with Crippen LogP contribution in [0.5, 0.6) is 0 Å². The molecule has 0 bridgehead atoms. The molecule has 1 aliphatic rings. The Hall–Kier alpha value is -0.0000000000000000833. The van der Waals surface area contributed by atoms with Crippen LogP contribution in [0.3, 0.4) is 0 Å². The third kappa shape index (κ3) is 4.64. The fourth-order valence-electron chi connectivity index (χ4n) is 2.28. The fourth-order valence-corrected chi connectivity index (χ4v) is 3.50. The first-order chi connectivity index (χ1) is 7.91. The number of nitrogens with zero attached hydrogens (tertiary/aromatic N) is 2. The summed E-state index contributed by atoms with van der Waals surface area (Å²) in [6.45, 7) is 6.09. The average molecular weight is 276 g/mol. The first kappa shape index (κ1) is 15.1. The third-order valence-corrected chi connectivity index (χ3v) is 4.36. The van der Waals surface area contributed by atoms with Crippen molar-refractivity contribution in [3.05, 3.63) is 0 Å². The summed E-state index contributed by atoms with van der Waals surface area (Å²) < 4.78 is 0. The van der Waals surface area contributed by atoms with Gasteiger partial charge in [0.15, 0.2) is 0 Å². The highest BCUT2D eigenvalue weighted by Gasteiger charge is 2.26. The highest BCUT2D eigenvalue weighted by molar-refractivity contribution is 8.28. The molecular weight excluding hydrogens is 252 g/mol. The lowest BCUT2D eigenvalue weighted by molar-refractivity contribution is -0.136. The maximum absolute atomic E-state index is 11.9. The van der Waals surface area contributed by atoms with Crippen LogP contribution >= 0.6 is 0 Å². The maximum Gasteiger partial charge on any atom is 0.225 e. The number of carbonyl (C=O) groups is 1. The van der Waals surface area contributed by atoms with Crippen molar-refractivity contribution in [2.24, 2.45) is 5.92 Å².